The predicted molar refractivity (Wildman–Crippen MR) is 74.3 cm³/mol. The summed E-state index contributed by atoms with van der Waals surface area (Å²) in [6.45, 7) is 0.651. The van der Waals surface area contributed by atoms with Crippen LogP contribution in [0.4, 0.5) is 5.82 Å². The van der Waals surface area contributed by atoms with Crippen LogP contribution in [0.25, 0.3) is 11.0 Å². The fourth-order valence-corrected chi connectivity index (χ4v) is 2.49. The van der Waals surface area contributed by atoms with Gasteiger partial charge in [0.15, 0.2) is 5.65 Å². The molecule has 19 heavy (non-hydrogen) atoms. The highest BCUT2D eigenvalue weighted by Gasteiger charge is 2.15. The van der Waals surface area contributed by atoms with Crippen LogP contribution in [0.1, 0.15) is 5.76 Å². The van der Waals surface area contributed by atoms with Gasteiger partial charge in [-0.1, -0.05) is 0 Å². The van der Waals surface area contributed by atoms with E-state index in [1.807, 2.05) is 30.3 Å². The lowest BCUT2D eigenvalue weighted by Gasteiger charge is -2.17. The van der Waals surface area contributed by atoms with Gasteiger partial charge in [-0.25, -0.2) is 9.97 Å². The summed E-state index contributed by atoms with van der Waals surface area (Å²) in [6.07, 6.45) is 5.20. The predicted octanol–water partition coefficient (Wildman–Crippen LogP) is 2.30. The Morgan fingerprint density at radius 1 is 1.42 bits per heavy atom. The van der Waals surface area contributed by atoms with E-state index in [1.165, 1.54) is 0 Å². The Hall–Kier alpha value is -2.02. The molecular weight excluding hydrogens is 262 g/mol. The zero-order chi connectivity index (χ0) is 13.2. The molecule has 3 aromatic heterocycles. The largest absolute Gasteiger partial charge is 0.467 e. The zero-order valence-corrected chi connectivity index (χ0v) is 11.4. The molecule has 6 nitrogen and oxygen atoms in total. The van der Waals surface area contributed by atoms with Gasteiger partial charge in [-0.2, -0.15) is 5.10 Å². The number of thioether (sulfide) groups is 1. The van der Waals surface area contributed by atoms with Crippen molar-refractivity contribution in [2.75, 3.05) is 18.2 Å². The minimum absolute atomic E-state index is 0.651. The summed E-state index contributed by atoms with van der Waals surface area (Å²) in [5.41, 5.74) is 0.751. The SMILES string of the molecule is CSc1n[nH]c2ncnc(N(C)Cc3ccco3)c12. The van der Waals surface area contributed by atoms with Crippen LogP contribution in [-0.4, -0.2) is 33.5 Å². The van der Waals surface area contributed by atoms with E-state index < -0.39 is 0 Å². The molecule has 0 saturated carbocycles. The molecule has 0 amide bonds. The van der Waals surface area contributed by atoms with Crippen molar-refractivity contribution in [2.24, 2.45) is 0 Å². The van der Waals surface area contributed by atoms with Gasteiger partial charge in [-0.3, -0.25) is 5.10 Å². The summed E-state index contributed by atoms with van der Waals surface area (Å²) in [7, 11) is 1.97. The molecule has 0 aliphatic rings. The topological polar surface area (TPSA) is 70.8 Å². The van der Waals surface area contributed by atoms with Gasteiger partial charge in [0.2, 0.25) is 0 Å². The molecule has 0 radical (unpaired) electrons. The minimum Gasteiger partial charge on any atom is -0.467 e. The summed E-state index contributed by atoms with van der Waals surface area (Å²) < 4.78 is 5.36. The second-order valence-electron chi connectivity index (χ2n) is 4.09. The molecule has 0 fully saturated rings. The Bertz CT molecular complexity index is 679. The van der Waals surface area contributed by atoms with Crippen molar-refractivity contribution in [1.82, 2.24) is 20.2 Å². The Labute approximate surface area is 114 Å². The number of nitrogens with zero attached hydrogens (tertiary/aromatic N) is 4. The second kappa shape index (κ2) is 4.93. The maximum absolute atomic E-state index is 5.36. The lowest BCUT2D eigenvalue weighted by atomic mass is 10.3. The minimum atomic E-state index is 0.651. The Balaban J connectivity index is 2.01. The third-order valence-electron chi connectivity index (χ3n) is 2.83. The first-order valence-electron chi connectivity index (χ1n) is 5.76. The Morgan fingerprint density at radius 3 is 3.05 bits per heavy atom. The molecule has 3 rings (SSSR count). The highest BCUT2D eigenvalue weighted by Crippen LogP contribution is 2.29. The summed E-state index contributed by atoms with van der Waals surface area (Å²) in [5.74, 6) is 1.74. The van der Waals surface area contributed by atoms with E-state index in [1.54, 1.807) is 24.4 Å². The first-order valence-corrected chi connectivity index (χ1v) is 6.98. The van der Waals surface area contributed by atoms with E-state index in [0.29, 0.717) is 6.54 Å². The van der Waals surface area contributed by atoms with Crippen molar-refractivity contribution in [3.63, 3.8) is 0 Å². The molecule has 98 valence electrons. The first-order chi connectivity index (χ1) is 9.29. The van der Waals surface area contributed by atoms with E-state index >= 15 is 0 Å². The third-order valence-corrected chi connectivity index (χ3v) is 3.51. The normalized spacial score (nSPS) is 11.1. The number of hydrogen-bond acceptors (Lipinski definition) is 6. The molecule has 0 unspecified atom stereocenters. The van der Waals surface area contributed by atoms with Crippen LogP contribution in [0.5, 0.6) is 0 Å². The van der Waals surface area contributed by atoms with Crippen molar-refractivity contribution >= 4 is 28.6 Å². The van der Waals surface area contributed by atoms with Crippen molar-refractivity contribution in [1.29, 1.82) is 0 Å². The van der Waals surface area contributed by atoms with E-state index in [-0.39, 0.29) is 0 Å². The molecule has 1 N–H and O–H groups in total. The molecule has 0 saturated heterocycles. The lowest BCUT2D eigenvalue weighted by molar-refractivity contribution is 0.507. The van der Waals surface area contributed by atoms with E-state index in [4.69, 9.17) is 4.42 Å². The second-order valence-corrected chi connectivity index (χ2v) is 4.88. The molecule has 3 heterocycles. The van der Waals surface area contributed by atoms with Crippen LogP contribution < -0.4 is 4.90 Å². The maximum Gasteiger partial charge on any atom is 0.161 e. The number of anilines is 1. The Morgan fingerprint density at radius 2 is 2.32 bits per heavy atom. The van der Waals surface area contributed by atoms with Gasteiger partial charge in [0.05, 0.1) is 18.2 Å². The molecule has 0 spiro atoms. The van der Waals surface area contributed by atoms with Gasteiger partial charge >= 0.3 is 0 Å². The van der Waals surface area contributed by atoms with Gasteiger partial charge in [0.1, 0.15) is 22.9 Å². The fourth-order valence-electron chi connectivity index (χ4n) is 1.97. The number of furan rings is 1. The van der Waals surface area contributed by atoms with Crippen molar-refractivity contribution < 1.29 is 4.42 Å². The number of aromatic nitrogens is 4. The van der Waals surface area contributed by atoms with Gasteiger partial charge in [-0.15, -0.1) is 11.8 Å². The fraction of sp³-hybridized carbons (Fsp3) is 0.250. The monoisotopic (exact) mass is 275 g/mol. The van der Waals surface area contributed by atoms with Crippen LogP contribution in [0.15, 0.2) is 34.2 Å². The summed E-state index contributed by atoms with van der Waals surface area (Å²) in [5, 5.41) is 9.01. The van der Waals surface area contributed by atoms with Crippen LogP contribution in [-0.2, 0) is 6.54 Å². The van der Waals surface area contributed by atoms with Crippen molar-refractivity contribution in [3.05, 3.63) is 30.5 Å². The number of fused-ring (bicyclic) bond motifs is 1. The highest BCUT2D eigenvalue weighted by molar-refractivity contribution is 7.98. The van der Waals surface area contributed by atoms with Crippen molar-refractivity contribution in [2.45, 2.75) is 11.6 Å². The molecule has 7 heteroatoms. The average Bonchev–Trinajstić information content (AvgIpc) is 3.06. The molecule has 0 bridgehead atoms. The molecule has 3 aromatic rings. The number of aromatic amines is 1. The lowest BCUT2D eigenvalue weighted by Crippen LogP contribution is -2.17. The van der Waals surface area contributed by atoms with Crippen LogP contribution in [0.3, 0.4) is 0 Å². The van der Waals surface area contributed by atoms with E-state index in [0.717, 1.165) is 27.6 Å². The molecule has 0 aliphatic heterocycles. The standard InChI is InChI=1S/C12H13N5OS/c1-17(6-8-4-3-5-18-8)11-9-10(13-7-14-11)15-16-12(9)19-2/h3-5,7H,6H2,1-2H3,(H,13,14,15,16). The van der Waals surface area contributed by atoms with Crippen molar-refractivity contribution in [3.8, 4) is 0 Å². The molecule has 0 aliphatic carbocycles. The average molecular weight is 275 g/mol. The van der Waals surface area contributed by atoms with Gasteiger partial charge in [-0.05, 0) is 18.4 Å². The number of hydrogen-bond donors (Lipinski definition) is 1. The van der Waals surface area contributed by atoms with E-state index in [9.17, 15) is 0 Å². The zero-order valence-electron chi connectivity index (χ0n) is 10.6. The van der Waals surface area contributed by atoms with Gasteiger partial charge in [0, 0.05) is 7.05 Å². The third kappa shape index (κ3) is 2.17. The number of rotatable bonds is 4. The quantitative estimate of drug-likeness (QED) is 0.737. The number of H-pyrrole nitrogens is 1. The van der Waals surface area contributed by atoms with Crippen LogP contribution in [0.2, 0.25) is 0 Å². The Kier molecular flexibility index (Phi) is 3.12. The van der Waals surface area contributed by atoms with Gasteiger partial charge in [0.25, 0.3) is 0 Å². The summed E-state index contributed by atoms with van der Waals surface area (Å²) in [4.78, 5) is 10.6. The first kappa shape index (κ1) is 12.0. The highest BCUT2D eigenvalue weighted by atomic mass is 32.2. The smallest absolute Gasteiger partial charge is 0.161 e. The molecule has 0 atom stereocenters. The van der Waals surface area contributed by atoms with Crippen LogP contribution in [0, 0.1) is 0 Å². The van der Waals surface area contributed by atoms with Gasteiger partial charge < -0.3 is 9.32 Å². The van der Waals surface area contributed by atoms with Crippen LogP contribution >= 0.6 is 11.8 Å². The maximum atomic E-state index is 5.36. The molecular formula is C12H13N5OS. The molecule has 0 aromatic carbocycles. The summed E-state index contributed by atoms with van der Waals surface area (Å²) in [6, 6.07) is 3.82. The number of nitrogens with one attached hydrogen (secondary N) is 1. The van der Waals surface area contributed by atoms with E-state index in [2.05, 4.69) is 20.2 Å². The summed E-state index contributed by atoms with van der Waals surface area (Å²) >= 11 is 1.57.